The van der Waals surface area contributed by atoms with Crippen LogP contribution in [0.25, 0.3) is 39.1 Å². The zero-order valence-corrected chi connectivity index (χ0v) is 19.1. The van der Waals surface area contributed by atoms with Gasteiger partial charge < -0.3 is 25.9 Å². The van der Waals surface area contributed by atoms with Gasteiger partial charge in [0.25, 0.3) is 0 Å². The summed E-state index contributed by atoms with van der Waals surface area (Å²) >= 11 is 0. The molecule has 1 amide bonds. The van der Waals surface area contributed by atoms with E-state index in [1.54, 1.807) is 36.4 Å². The average Bonchev–Trinajstić information content (AvgIpc) is 3.25. The van der Waals surface area contributed by atoms with Crippen LogP contribution in [-0.4, -0.2) is 28.1 Å². The van der Waals surface area contributed by atoms with Gasteiger partial charge in [-0.25, -0.2) is 4.98 Å². The molecule has 2 aromatic heterocycles. The number of nitrogen functional groups attached to an aromatic ring is 1. The summed E-state index contributed by atoms with van der Waals surface area (Å²) in [7, 11) is 1.51. The minimum atomic E-state index is -0.226. The fourth-order valence-electron chi connectivity index (χ4n) is 4.04. The SMILES string of the molecule is COc1cc(-c2nc(CNC(=O)/C=C/c3ccc(N)cc3)cc3c2[nH]c2ccccc23)ccc1O. The van der Waals surface area contributed by atoms with E-state index < -0.39 is 0 Å². The molecule has 0 spiro atoms. The summed E-state index contributed by atoms with van der Waals surface area (Å²) in [5.41, 5.74) is 11.3. The van der Waals surface area contributed by atoms with Gasteiger partial charge in [-0.3, -0.25) is 4.79 Å². The predicted molar refractivity (Wildman–Crippen MR) is 139 cm³/mol. The van der Waals surface area contributed by atoms with E-state index in [4.69, 9.17) is 15.5 Å². The van der Waals surface area contributed by atoms with Crippen LogP contribution in [0.15, 0.2) is 78.9 Å². The minimum absolute atomic E-state index is 0.0560. The molecule has 2 heterocycles. The monoisotopic (exact) mass is 464 g/mol. The van der Waals surface area contributed by atoms with Crippen molar-refractivity contribution in [1.82, 2.24) is 15.3 Å². The molecular formula is C28H24N4O3. The number of methoxy groups -OCH3 is 1. The number of benzene rings is 3. The third kappa shape index (κ3) is 4.52. The Morgan fingerprint density at radius 3 is 2.69 bits per heavy atom. The first kappa shape index (κ1) is 22.0. The number of nitrogens with one attached hydrogen (secondary N) is 2. The Balaban J connectivity index is 1.49. The van der Waals surface area contributed by atoms with Crippen LogP contribution in [0.5, 0.6) is 11.5 Å². The number of para-hydroxylation sites is 1. The highest BCUT2D eigenvalue weighted by atomic mass is 16.5. The summed E-state index contributed by atoms with van der Waals surface area (Å²) in [6.45, 7) is 0.253. The number of fused-ring (bicyclic) bond motifs is 3. The number of pyridine rings is 1. The topological polar surface area (TPSA) is 113 Å². The Kier molecular flexibility index (Phi) is 5.81. The zero-order chi connectivity index (χ0) is 24.4. The molecule has 5 aromatic rings. The van der Waals surface area contributed by atoms with Gasteiger partial charge in [-0.15, -0.1) is 0 Å². The van der Waals surface area contributed by atoms with E-state index in [0.717, 1.165) is 32.9 Å². The van der Waals surface area contributed by atoms with Gasteiger partial charge in [0.1, 0.15) is 0 Å². The van der Waals surface area contributed by atoms with E-state index in [0.29, 0.717) is 22.8 Å². The average molecular weight is 465 g/mol. The van der Waals surface area contributed by atoms with Crippen molar-refractivity contribution >= 4 is 39.5 Å². The maximum Gasteiger partial charge on any atom is 0.244 e. The first-order valence-electron chi connectivity index (χ1n) is 11.1. The van der Waals surface area contributed by atoms with Crippen LogP contribution in [0.1, 0.15) is 11.3 Å². The number of aromatic amines is 1. The van der Waals surface area contributed by atoms with Crippen LogP contribution in [-0.2, 0) is 11.3 Å². The second-order valence-electron chi connectivity index (χ2n) is 8.16. The van der Waals surface area contributed by atoms with Gasteiger partial charge in [-0.05, 0) is 54.1 Å². The lowest BCUT2D eigenvalue weighted by Gasteiger charge is -2.10. The van der Waals surface area contributed by atoms with Crippen molar-refractivity contribution in [1.29, 1.82) is 0 Å². The smallest absolute Gasteiger partial charge is 0.244 e. The fourth-order valence-corrected chi connectivity index (χ4v) is 4.04. The molecule has 0 aliphatic heterocycles. The molecule has 0 unspecified atom stereocenters. The number of amides is 1. The number of nitrogens with two attached hydrogens (primary N) is 1. The fraction of sp³-hybridized carbons (Fsp3) is 0.0714. The quantitative estimate of drug-likeness (QED) is 0.208. The first-order valence-corrected chi connectivity index (χ1v) is 11.1. The normalized spacial score (nSPS) is 11.3. The number of aromatic nitrogens is 2. The first-order chi connectivity index (χ1) is 17.0. The van der Waals surface area contributed by atoms with Crippen molar-refractivity contribution in [2.75, 3.05) is 12.8 Å². The lowest BCUT2D eigenvalue weighted by atomic mass is 10.1. The number of carbonyl (C=O) groups excluding carboxylic acids is 1. The van der Waals surface area contributed by atoms with Gasteiger partial charge in [0.2, 0.25) is 5.91 Å². The Hall–Kier alpha value is -4.78. The van der Waals surface area contributed by atoms with Gasteiger partial charge in [-0.1, -0.05) is 30.3 Å². The molecule has 3 aromatic carbocycles. The molecule has 5 rings (SSSR count). The maximum atomic E-state index is 12.5. The molecule has 0 atom stereocenters. The second kappa shape index (κ2) is 9.23. The molecule has 0 aliphatic carbocycles. The Morgan fingerprint density at radius 2 is 1.89 bits per heavy atom. The molecule has 0 saturated carbocycles. The van der Waals surface area contributed by atoms with E-state index >= 15 is 0 Å². The van der Waals surface area contributed by atoms with E-state index in [9.17, 15) is 9.90 Å². The number of hydrogen-bond acceptors (Lipinski definition) is 5. The van der Waals surface area contributed by atoms with Crippen molar-refractivity contribution in [3.05, 3.63) is 90.1 Å². The Morgan fingerprint density at radius 1 is 1.09 bits per heavy atom. The number of phenolic OH excluding ortho intramolecular Hbond substituents is 1. The molecule has 35 heavy (non-hydrogen) atoms. The molecule has 5 N–H and O–H groups in total. The number of ether oxygens (including phenoxy) is 1. The van der Waals surface area contributed by atoms with Crippen LogP contribution in [0, 0.1) is 0 Å². The van der Waals surface area contributed by atoms with Crippen LogP contribution in [0.2, 0.25) is 0 Å². The van der Waals surface area contributed by atoms with Gasteiger partial charge in [0, 0.05) is 33.6 Å². The summed E-state index contributed by atoms with van der Waals surface area (Å²) in [6, 6.07) is 22.4. The second-order valence-corrected chi connectivity index (χ2v) is 8.16. The van der Waals surface area contributed by atoms with Crippen molar-refractivity contribution < 1.29 is 14.6 Å². The van der Waals surface area contributed by atoms with Crippen LogP contribution >= 0.6 is 0 Å². The molecule has 0 bridgehead atoms. The lowest BCUT2D eigenvalue weighted by Crippen LogP contribution is -2.21. The van der Waals surface area contributed by atoms with E-state index in [-0.39, 0.29) is 18.2 Å². The molecular weight excluding hydrogens is 440 g/mol. The van der Waals surface area contributed by atoms with Crippen LogP contribution in [0.4, 0.5) is 5.69 Å². The number of aromatic hydroxyl groups is 1. The third-order valence-electron chi connectivity index (χ3n) is 5.81. The molecule has 0 radical (unpaired) electrons. The summed E-state index contributed by atoms with van der Waals surface area (Å²) in [5, 5.41) is 15.0. The number of hydrogen-bond donors (Lipinski definition) is 4. The van der Waals surface area contributed by atoms with Crippen LogP contribution < -0.4 is 15.8 Å². The number of phenols is 1. The van der Waals surface area contributed by atoms with Crippen LogP contribution in [0.3, 0.4) is 0 Å². The van der Waals surface area contributed by atoms with E-state index in [2.05, 4.69) is 10.3 Å². The molecule has 174 valence electrons. The molecule has 7 heteroatoms. The largest absolute Gasteiger partial charge is 0.504 e. The van der Waals surface area contributed by atoms with E-state index in [1.165, 1.54) is 13.2 Å². The minimum Gasteiger partial charge on any atom is -0.504 e. The van der Waals surface area contributed by atoms with Crippen molar-refractivity contribution in [3.8, 4) is 22.8 Å². The molecule has 7 nitrogen and oxygen atoms in total. The summed E-state index contributed by atoms with van der Waals surface area (Å²) < 4.78 is 5.30. The van der Waals surface area contributed by atoms with Gasteiger partial charge >= 0.3 is 0 Å². The van der Waals surface area contributed by atoms with Gasteiger partial charge in [0.05, 0.1) is 30.6 Å². The summed E-state index contributed by atoms with van der Waals surface area (Å²) in [4.78, 5) is 20.8. The van der Waals surface area contributed by atoms with Gasteiger partial charge in [-0.2, -0.15) is 0 Å². The standard InChI is InChI=1S/C28H24N4O3/c1-35-25-14-18(9-12-24(25)33)27-28-22(21-4-2-3-5-23(21)32-28)15-20(31-27)16-30-26(34)13-8-17-6-10-19(29)11-7-17/h2-15,32-33H,16,29H2,1H3,(H,30,34)/b13-8+. The number of anilines is 1. The number of rotatable bonds is 6. The highest BCUT2D eigenvalue weighted by molar-refractivity contribution is 6.11. The number of H-pyrrole nitrogens is 1. The third-order valence-corrected chi connectivity index (χ3v) is 5.81. The number of nitrogens with zero attached hydrogens (tertiary/aromatic N) is 1. The van der Waals surface area contributed by atoms with Crippen molar-refractivity contribution in [2.24, 2.45) is 0 Å². The van der Waals surface area contributed by atoms with Crippen molar-refractivity contribution in [2.45, 2.75) is 6.54 Å². The lowest BCUT2D eigenvalue weighted by molar-refractivity contribution is -0.116. The highest BCUT2D eigenvalue weighted by Gasteiger charge is 2.15. The molecule has 0 saturated heterocycles. The van der Waals surface area contributed by atoms with E-state index in [1.807, 2.05) is 42.5 Å². The Labute approximate surface area is 201 Å². The highest BCUT2D eigenvalue weighted by Crippen LogP contribution is 2.36. The number of carbonyl (C=O) groups is 1. The zero-order valence-electron chi connectivity index (χ0n) is 19.1. The Bertz CT molecular complexity index is 1570. The van der Waals surface area contributed by atoms with Gasteiger partial charge in [0.15, 0.2) is 11.5 Å². The molecule has 0 fully saturated rings. The maximum absolute atomic E-state index is 12.5. The summed E-state index contributed by atoms with van der Waals surface area (Å²) in [5.74, 6) is 0.191. The van der Waals surface area contributed by atoms with Crippen molar-refractivity contribution in [3.63, 3.8) is 0 Å². The summed E-state index contributed by atoms with van der Waals surface area (Å²) in [6.07, 6.45) is 3.22. The molecule has 0 aliphatic rings. The predicted octanol–water partition coefficient (Wildman–Crippen LogP) is 5.01.